The number of hydrogen-bond acceptors (Lipinski definition) is 8. The molecule has 0 spiro atoms. The Morgan fingerprint density at radius 3 is 2.55 bits per heavy atom. The smallest absolute Gasteiger partial charge is 0.373 e. The third-order valence-electron chi connectivity index (χ3n) is 5.32. The fourth-order valence-electron chi connectivity index (χ4n) is 3.57. The number of esters is 1. The van der Waals surface area contributed by atoms with Gasteiger partial charge < -0.3 is 29.3 Å². The zero-order valence-electron chi connectivity index (χ0n) is 20.7. The number of nitrogens with zero attached hydrogens (tertiary/aromatic N) is 1. The van der Waals surface area contributed by atoms with Gasteiger partial charge >= 0.3 is 12.0 Å². The molecule has 1 aromatic heterocycles. The van der Waals surface area contributed by atoms with Crippen LogP contribution in [0.3, 0.4) is 0 Å². The Labute approximate surface area is 218 Å². The zero-order valence-corrected chi connectivity index (χ0v) is 20.7. The van der Waals surface area contributed by atoms with E-state index in [1.54, 1.807) is 37.3 Å². The molecule has 3 aromatic rings. The molecule has 196 valence electrons. The molecular formula is C27H25N3O8. The van der Waals surface area contributed by atoms with Crippen LogP contribution in [0.1, 0.15) is 28.8 Å². The molecule has 0 bridgehead atoms. The van der Waals surface area contributed by atoms with Gasteiger partial charge in [-0.1, -0.05) is 24.3 Å². The van der Waals surface area contributed by atoms with Crippen molar-refractivity contribution >= 4 is 35.6 Å². The molecular weight excluding hydrogens is 494 g/mol. The summed E-state index contributed by atoms with van der Waals surface area (Å²) in [5.41, 5.74) is 1.26. The largest absolute Gasteiger partial charge is 0.490 e. The van der Waals surface area contributed by atoms with Crippen molar-refractivity contribution in [2.45, 2.75) is 13.5 Å². The SMILES string of the molecule is CCOc1cc(/C=C2\NC(=O)N(Cc3ccc(C(=O)OC)o3)C2=O)ccc1OCC(=O)Nc1ccccc1. The van der Waals surface area contributed by atoms with Gasteiger partial charge in [-0.15, -0.1) is 0 Å². The first kappa shape index (κ1) is 26.0. The van der Waals surface area contributed by atoms with Gasteiger partial charge in [0.25, 0.3) is 11.8 Å². The fourth-order valence-corrected chi connectivity index (χ4v) is 3.57. The summed E-state index contributed by atoms with van der Waals surface area (Å²) in [6.07, 6.45) is 1.50. The number of carbonyl (C=O) groups excluding carboxylic acids is 4. The molecule has 0 radical (unpaired) electrons. The molecule has 2 heterocycles. The molecule has 2 N–H and O–H groups in total. The van der Waals surface area contributed by atoms with E-state index in [-0.39, 0.29) is 36.3 Å². The van der Waals surface area contributed by atoms with Crippen molar-refractivity contribution in [2.75, 3.05) is 25.6 Å². The second-order valence-electron chi connectivity index (χ2n) is 7.98. The number of rotatable bonds is 10. The Balaban J connectivity index is 1.43. The van der Waals surface area contributed by atoms with Crippen molar-refractivity contribution in [3.05, 3.63) is 83.4 Å². The fraction of sp³-hybridized carbons (Fsp3) is 0.185. The van der Waals surface area contributed by atoms with Crippen LogP contribution in [0.25, 0.3) is 6.08 Å². The van der Waals surface area contributed by atoms with Gasteiger partial charge in [0.15, 0.2) is 18.1 Å². The lowest BCUT2D eigenvalue weighted by Gasteiger charge is -2.13. The molecule has 1 fully saturated rings. The summed E-state index contributed by atoms with van der Waals surface area (Å²) in [6, 6.07) is 16.2. The van der Waals surface area contributed by atoms with E-state index in [1.807, 2.05) is 18.2 Å². The number of urea groups is 1. The first-order chi connectivity index (χ1) is 18.4. The van der Waals surface area contributed by atoms with Gasteiger partial charge in [0.05, 0.1) is 20.3 Å². The maximum Gasteiger partial charge on any atom is 0.373 e. The Morgan fingerprint density at radius 2 is 1.82 bits per heavy atom. The topological polar surface area (TPSA) is 136 Å². The maximum atomic E-state index is 12.9. The Hall–Kier alpha value is -5.06. The number of para-hydroxylation sites is 1. The summed E-state index contributed by atoms with van der Waals surface area (Å²) < 4.78 is 21.2. The lowest BCUT2D eigenvalue weighted by atomic mass is 10.1. The number of amides is 4. The highest BCUT2D eigenvalue weighted by Crippen LogP contribution is 2.30. The van der Waals surface area contributed by atoms with Crippen molar-refractivity contribution in [1.82, 2.24) is 10.2 Å². The second kappa shape index (κ2) is 11.8. The molecule has 1 aliphatic rings. The number of carbonyl (C=O) groups is 4. The number of nitrogens with one attached hydrogen (secondary N) is 2. The molecule has 0 atom stereocenters. The molecule has 4 amide bonds. The van der Waals surface area contributed by atoms with Gasteiger partial charge in [0.2, 0.25) is 5.76 Å². The van der Waals surface area contributed by atoms with Crippen LogP contribution in [0.5, 0.6) is 11.5 Å². The average molecular weight is 520 g/mol. The van der Waals surface area contributed by atoms with Gasteiger partial charge in [-0.2, -0.15) is 0 Å². The number of ether oxygens (including phenoxy) is 3. The normalized spacial score (nSPS) is 13.8. The maximum absolute atomic E-state index is 12.9. The van der Waals surface area contributed by atoms with Crippen molar-refractivity contribution in [1.29, 1.82) is 0 Å². The van der Waals surface area contributed by atoms with Crippen LogP contribution in [0.4, 0.5) is 10.5 Å². The summed E-state index contributed by atoms with van der Waals surface area (Å²) >= 11 is 0. The molecule has 1 aliphatic heterocycles. The predicted molar refractivity (Wildman–Crippen MR) is 135 cm³/mol. The number of anilines is 1. The summed E-state index contributed by atoms with van der Waals surface area (Å²) in [7, 11) is 1.22. The molecule has 2 aromatic carbocycles. The third-order valence-corrected chi connectivity index (χ3v) is 5.32. The standard InChI is InChI=1S/C27H25N3O8/c1-3-36-23-14-17(9-11-21(23)37-16-24(31)28-18-7-5-4-6-8-18)13-20-25(32)30(27(34)29-20)15-19-10-12-22(38-19)26(33)35-2/h4-14H,3,15-16H2,1-2H3,(H,28,31)(H,29,34)/b20-13-. The molecule has 0 unspecified atom stereocenters. The molecule has 1 saturated heterocycles. The summed E-state index contributed by atoms with van der Waals surface area (Å²) in [4.78, 5) is 50.1. The minimum atomic E-state index is -0.664. The lowest BCUT2D eigenvalue weighted by molar-refractivity contribution is -0.123. The van der Waals surface area contributed by atoms with Crippen LogP contribution >= 0.6 is 0 Å². The average Bonchev–Trinajstić information content (AvgIpc) is 3.49. The van der Waals surface area contributed by atoms with Gasteiger partial charge in [-0.25, -0.2) is 9.59 Å². The number of furan rings is 1. The van der Waals surface area contributed by atoms with Gasteiger partial charge in [0, 0.05) is 5.69 Å². The summed E-state index contributed by atoms with van der Waals surface area (Å²) in [5, 5.41) is 5.27. The van der Waals surface area contributed by atoms with Gasteiger partial charge in [0.1, 0.15) is 11.5 Å². The van der Waals surface area contributed by atoms with E-state index in [4.69, 9.17) is 13.9 Å². The molecule has 0 aliphatic carbocycles. The van der Waals surface area contributed by atoms with Crippen molar-refractivity contribution in [2.24, 2.45) is 0 Å². The van der Waals surface area contributed by atoms with Gasteiger partial charge in [-0.3, -0.25) is 14.5 Å². The first-order valence-electron chi connectivity index (χ1n) is 11.6. The highest BCUT2D eigenvalue weighted by atomic mass is 16.5. The molecule has 0 saturated carbocycles. The highest BCUT2D eigenvalue weighted by molar-refractivity contribution is 6.13. The van der Waals surface area contributed by atoms with E-state index in [0.717, 1.165) is 4.90 Å². The van der Waals surface area contributed by atoms with Crippen molar-refractivity contribution in [3.63, 3.8) is 0 Å². The van der Waals surface area contributed by atoms with E-state index in [0.29, 0.717) is 29.4 Å². The summed E-state index contributed by atoms with van der Waals surface area (Å²) in [6.45, 7) is 1.74. The summed E-state index contributed by atoms with van der Waals surface area (Å²) in [5.74, 6) is -0.640. The Bertz CT molecular complexity index is 1380. The number of benzene rings is 2. The Morgan fingerprint density at radius 1 is 1.03 bits per heavy atom. The van der Waals surface area contributed by atoms with E-state index < -0.39 is 17.9 Å². The zero-order chi connectivity index (χ0) is 27.1. The van der Waals surface area contributed by atoms with E-state index >= 15 is 0 Å². The molecule has 11 heteroatoms. The molecule has 4 rings (SSSR count). The van der Waals surface area contributed by atoms with Crippen LogP contribution in [0, 0.1) is 0 Å². The quantitative estimate of drug-likeness (QED) is 0.236. The monoisotopic (exact) mass is 519 g/mol. The van der Waals surface area contributed by atoms with Crippen LogP contribution < -0.4 is 20.1 Å². The second-order valence-corrected chi connectivity index (χ2v) is 7.98. The number of hydrogen-bond donors (Lipinski definition) is 2. The minimum Gasteiger partial charge on any atom is -0.490 e. The van der Waals surface area contributed by atoms with Gasteiger partial charge in [-0.05, 0) is 55.0 Å². The first-order valence-corrected chi connectivity index (χ1v) is 11.6. The molecule has 38 heavy (non-hydrogen) atoms. The highest BCUT2D eigenvalue weighted by Gasteiger charge is 2.34. The lowest BCUT2D eigenvalue weighted by Crippen LogP contribution is -2.30. The minimum absolute atomic E-state index is 0.0337. The van der Waals surface area contributed by atoms with Crippen LogP contribution in [-0.2, 0) is 20.9 Å². The van der Waals surface area contributed by atoms with E-state index in [1.165, 1.54) is 25.3 Å². The number of methoxy groups -OCH3 is 1. The Kier molecular flexibility index (Phi) is 8.07. The van der Waals surface area contributed by atoms with Crippen LogP contribution in [0.2, 0.25) is 0 Å². The molecule has 11 nitrogen and oxygen atoms in total. The van der Waals surface area contributed by atoms with E-state index in [9.17, 15) is 19.2 Å². The third kappa shape index (κ3) is 6.19. The van der Waals surface area contributed by atoms with Crippen molar-refractivity contribution in [3.8, 4) is 11.5 Å². The van der Waals surface area contributed by atoms with E-state index in [2.05, 4.69) is 15.4 Å². The van der Waals surface area contributed by atoms with Crippen LogP contribution in [-0.4, -0.2) is 49.0 Å². The number of imide groups is 1. The van der Waals surface area contributed by atoms with Crippen molar-refractivity contribution < 1.29 is 37.8 Å². The van der Waals surface area contributed by atoms with Crippen LogP contribution in [0.15, 0.2) is 70.8 Å². The predicted octanol–water partition coefficient (Wildman–Crippen LogP) is 3.58.